The SMILES string of the molecule is CC(C)(C)S(=O)(=O)C1=CCCCC1. The lowest BCUT2D eigenvalue weighted by atomic mass is 10.1. The molecule has 0 aromatic carbocycles. The molecule has 76 valence electrons. The Hall–Kier alpha value is -0.310. The molecule has 0 bridgehead atoms. The number of rotatable bonds is 1. The standard InChI is InChI=1S/C10H18O2S/c1-10(2,3)13(11,12)9-7-5-4-6-8-9/h7H,4-6,8H2,1-3H3. The number of hydrogen-bond acceptors (Lipinski definition) is 2. The van der Waals surface area contributed by atoms with Crippen LogP contribution in [0.1, 0.15) is 46.5 Å². The Bertz CT molecular complexity index is 304. The smallest absolute Gasteiger partial charge is 0.179 e. The second-order valence-corrected chi connectivity index (χ2v) is 7.29. The molecule has 13 heavy (non-hydrogen) atoms. The van der Waals surface area contributed by atoms with Gasteiger partial charge < -0.3 is 0 Å². The van der Waals surface area contributed by atoms with E-state index < -0.39 is 14.6 Å². The fraction of sp³-hybridized carbons (Fsp3) is 0.800. The summed E-state index contributed by atoms with van der Waals surface area (Å²) in [7, 11) is -3.04. The zero-order chi connectivity index (χ0) is 10.1. The average Bonchev–Trinajstić information content (AvgIpc) is 2.04. The van der Waals surface area contributed by atoms with Crippen molar-refractivity contribution in [3.05, 3.63) is 11.0 Å². The molecule has 0 aliphatic heterocycles. The Kier molecular flexibility index (Phi) is 2.85. The van der Waals surface area contributed by atoms with Crippen molar-refractivity contribution in [1.29, 1.82) is 0 Å². The van der Waals surface area contributed by atoms with Crippen molar-refractivity contribution < 1.29 is 8.42 Å². The highest BCUT2D eigenvalue weighted by Crippen LogP contribution is 2.30. The lowest BCUT2D eigenvalue weighted by Gasteiger charge is -2.23. The van der Waals surface area contributed by atoms with Crippen molar-refractivity contribution in [1.82, 2.24) is 0 Å². The second-order valence-electron chi connectivity index (χ2n) is 4.53. The summed E-state index contributed by atoms with van der Waals surface area (Å²) in [6, 6.07) is 0. The largest absolute Gasteiger partial charge is 0.223 e. The van der Waals surface area contributed by atoms with E-state index in [9.17, 15) is 8.42 Å². The van der Waals surface area contributed by atoms with Gasteiger partial charge in [-0.15, -0.1) is 0 Å². The average molecular weight is 202 g/mol. The van der Waals surface area contributed by atoms with Gasteiger partial charge in [0.05, 0.1) is 4.75 Å². The van der Waals surface area contributed by atoms with Gasteiger partial charge in [-0.1, -0.05) is 6.08 Å². The van der Waals surface area contributed by atoms with E-state index in [-0.39, 0.29) is 0 Å². The molecule has 0 amide bonds. The second kappa shape index (κ2) is 3.45. The van der Waals surface area contributed by atoms with E-state index in [1.807, 2.05) is 6.08 Å². The third-order valence-corrected chi connectivity index (χ3v) is 5.07. The van der Waals surface area contributed by atoms with Crippen LogP contribution in [-0.2, 0) is 9.84 Å². The normalized spacial score (nSPS) is 19.8. The van der Waals surface area contributed by atoms with Crippen LogP contribution in [-0.4, -0.2) is 13.2 Å². The van der Waals surface area contributed by atoms with Gasteiger partial charge in [0.25, 0.3) is 0 Å². The summed E-state index contributed by atoms with van der Waals surface area (Å²) in [5.41, 5.74) is 0. The van der Waals surface area contributed by atoms with Crippen molar-refractivity contribution in [2.45, 2.75) is 51.2 Å². The van der Waals surface area contributed by atoms with Crippen LogP contribution >= 0.6 is 0 Å². The summed E-state index contributed by atoms with van der Waals surface area (Å²) in [6.07, 6.45) is 5.69. The van der Waals surface area contributed by atoms with Gasteiger partial charge >= 0.3 is 0 Å². The van der Waals surface area contributed by atoms with E-state index in [1.165, 1.54) is 0 Å². The molecule has 1 aliphatic carbocycles. The quantitative estimate of drug-likeness (QED) is 0.655. The first-order valence-electron chi connectivity index (χ1n) is 4.79. The maximum Gasteiger partial charge on any atom is 0.179 e. The summed E-state index contributed by atoms with van der Waals surface area (Å²) < 4.78 is 23.2. The summed E-state index contributed by atoms with van der Waals surface area (Å²) >= 11 is 0. The molecule has 0 saturated heterocycles. The third-order valence-electron chi connectivity index (χ3n) is 2.40. The maximum atomic E-state index is 11.9. The molecular weight excluding hydrogens is 184 g/mol. The topological polar surface area (TPSA) is 34.1 Å². The van der Waals surface area contributed by atoms with Crippen molar-refractivity contribution in [3.8, 4) is 0 Å². The fourth-order valence-electron chi connectivity index (χ4n) is 1.45. The summed E-state index contributed by atoms with van der Waals surface area (Å²) in [5, 5.41) is 0. The van der Waals surface area contributed by atoms with Gasteiger partial charge in [-0.2, -0.15) is 0 Å². The van der Waals surface area contributed by atoms with Crippen LogP contribution < -0.4 is 0 Å². The molecule has 0 heterocycles. The summed E-state index contributed by atoms with van der Waals surface area (Å²) in [6.45, 7) is 5.29. The van der Waals surface area contributed by atoms with E-state index in [0.717, 1.165) is 25.7 Å². The van der Waals surface area contributed by atoms with Crippen LogP contribution in [0.4, 0.5) is 0 Å². The van der Waals surface area contributed by atoms with Crippen LogP contribution in [0.3, 0.4) is 0 Å². The Morgan fingerprint density at radius 3 is 2.23 bits per heavy atom. The molecule has 3 heteroatoms. The molecule has 0 radical (unpaired) electrons. The van der Waals surface area contributed by atoms with E-state index in [0.29, 0.717) is 4.91 Å². The molecule has 1 rings (SSSR count). The van der Waals surface area contributed by atoms with Crippen LogP contribution in [0, 0.1) is 0 Å². The van der Waals surface area contributed by atoms with Gasteiger partial charge in [0.15, 0.2) is 9.84 Å². The van der Waals surface area contributed by atoms with Crippen molar-refractivity contribution in [2.75, 3.05) is 0 Å². The molecule has 0 atom stereocenters. The van der Waals surface area contributed by atoms with Crippen molar-refractivity contribution in [2.24, 2.45) is 0 Å². The highest BCUT2D eigenvalue weighted by Gasteiger charge is 2.32. The van der Waals surface area contributed by atoms with Crippen molar-refractivity contribution in [3.63, 3.8) is 0 Å². The molecule has 0 aromatic rings. The minimum atomic E-state index is -3.04. The minimum Gasteiger partial charge on any atom is -0.223 e. The lowest BCUT2D eigenvalue weighted by molar-refractivity contribution is 0.561. The highest BCUT2D eigenvalue weighted by molar-refractivity contribution is 7.96. The molecule has 0 N–H and O–H groups in total. The molecule has 0 unspecified atom stereocenters. The fourth-order valence-corrected chi connectivity index (χ4v) is 2.98. The third kappa shape index (κ3) is 2.13. The monoisotopic (exact) mass is 202 g/mol. The molecule has 2 nitrogen and oxygen atoms in total. The van der Waals surface area contributed by atoms with Crippen LogP contribution in [0.25, 0.3) is 0 Å². The molecule has 0 spiro atoms. The first-order valence-corrected chi connectivity index (χ1v) is 6.28. The van der Waals surface area contributed by atoms with Gasteiger partial charge in [0.1, 0.15) is 0 Å². The maximum absolute atomic E-state index is 11.9. The Labute approximate surface area is 81.0 Å². The molecule has 1 aliphatic rings. The number of allylic oxidation sites excluding steroid dienone is 2. The Balaban J connectivity index is 3.00. The number of sulfone groups is 1. The van der Waals surface area contributed by atoms with Gasteiger partial charge in [-0.25, -0.2) is 8.42 Å². The van der Waals surface area contributed by atoms with Crippen LogP contribution in [0.2, 0.25) is 0 Å². The molecule has 0 aromatic heterocycles. The first kappa shape index (κ1) is 10.8. The number of hydrogen-bond donors (Lipinski definition) is 0. The predicted molar refractivity (Wildman–Crippen MR) is 55.2 cm³/mol. The predicted octanol–water partition coefficient (Wildman–Crippen LogP) is 2.66. The van der Waals surface area contributed by atoms with Gasteiger partial charge in [-0.3, -0.25) is 0 Å². The lowest BCUT2D eigenvalue weighted by Crippen LogP contribution is -2.29. The first-order chi connectivity index (χ1) is 5.86. The Morgan fingerprint density at radius 2 is 1.85 bits per heavy atom. The van der Waals surface area contributed by atoms with Gasteiger partial charge in [-0.05, 0) is 46.5 Å². The minimum absolute atomic E-state index is 0.643. The van der Waals surface area contributed by atoms with Gasteiger partial charge in [0.2, 0.25) is 0 Å². The van der Waals surface area contributed by atoms with Crippen LogP contribution in [0.5, 0.6) is 0 Å². The van der Waals surface area contributed by atoms with E-state index in [2.05, 4.69) is 0 Å². The van der Waals surface area contributed by atoms with Crippen LogP contribution in [0.15, 0.2) is 11.0 Å². The Morgan fingerprint density at radius 1 is 1.23 bits per heavy atom. The van der Waals surface area contributed by atoms with Crippen molar-refractivity contribution >= 4 is 9.84 Å². The zero-order valence-corrected chi connectivity index (χ0v) is 9.45. The van der Waals surface area contributed by atoms with Gasteiger partial charge in [0, 0.05) is 4.91 Å². The molecule has 0 saturated carbocycles. The summed E-state index contributed by atoms with van der Waals surface area (Å²) in [5.74, 6) is 0. The van der Waals surface area contributed by atoms with E-state index in [1.54, 1.807) is 20.8 Å². The van der Waals surface area contributed by atoms with E-state index in [4.69, 9.17) is 0 Å². The molecular formula is C10H18O2S. The highest BCUT2D eigenvalue weighted by atomic mass is 32.2. The zero-order valence-electron chi connectivity index (χ0n) is 8.63. The summed E-state index contributed by atoms with van der Waals surface area (Å²) in [4.78, 5) is 0.659. The van der Waals surface area contributed by atoms with E-state index >= 15 is 0 Å². The molecule has 0 fully saturated rings.